The fraction of sp³-hybridized carbons (Fsp3) is 0.158. The van der Waals surface area contributed by atoms with Gasteiger partial charge in [-0.25, -0.2) is 0 Å². The predicted molar refractivity (Wildman–Crippen MR) is 92.2 cm³/mol. The second kappa shape index (κ2) is 6.79. The van der Waals surface area contributed by atoms with E-state index in [1.54, 1.807) is 0 Å². The molecule has 27 heavy (non-hydrogen) atoms. The smallest absolute Gasteiger partial charge is 0.418 e. The van der Waals surface area contributed by atoms with Crippen molar-refractivity contribution in [2.75, 3.05) is 12.4 Å². The van der Waals surface area contributed by atoms with Gasteiger partial charge in [-0.2, -0.15) is 13.2 Å². The molecule has 0 saturated heterocycles. The first kappa shape index (κ1) is 18.5. The summed E-state index contributed by atoms with van der Waals surface area (Å²) in [6, 6.07) is 8.87. The lowest BCUT2D eigenvalue weighted by Gasteiger charge is -2.14. The number of furan rings is 1. The third-order valence-electron chi connectivity index (χ3n) is 3.94. The topological polar surface area (TPSA) is 68.5 Å². The van der Waals surface area contributed by atoms with Gasteiger partial charge >= 0.3 is 6.18 Å². The van der Waals surface area contributed by atoms with E-state index in [4.69, 9.17) is 9.15 Å². The molecule has 0 radical (unpaired) electrons. The van der Waals surface area contributed by atoms with Crippen LogP contribution in [0.1, 0.15) is 33.4 Å². The van der Waals surface area contributed by atoms with Crippen molar-refractivity contribution in [2.45, 2.75) is 13.1 Å². The lowest BCUT2D eigenvalue weighted by Crippen LogP contribution is -2.16. The number of halogens is 3. The number of benzene rings is 2. The van der Waals surface area contributed by atoms with E-state index in [0.717, 1.165) is 12.1 Å². The lowest BCUT2D eigenvalue weighted by atomic mass is 10.1. The van der Waals surface area contributed by atoms with Crippen LogP contribution in [0, 0.1) is 0 Å². The second-order valence-corrected chi connectivity index (χ2v) is 5.72. The lowest BCUT2D eigenvalue weighted by molar-refractivity contribution is -0.136. The van der Waals surface area contributed by atoms with E-state index in [1.807, 2.05) is 0 Å². The molecule has 1 amide bonds. The maximum Gasteiger partial charge on any atom is 0.418 e. The van der Waals surface area contributed by atoms with Crippen molar-refractivity contribution in [3.05, 3.63) is 59.4 Å². The van der Waals surface area contributed by atoms with Gasteiger partial charge in [0, 0.05) is 12.3 Å². The summed E-state index contributed by atoms with van der Waals surface area (Å²) in [4.78, 5) is 24.2. The fourth-order valence-corrected chi connectivity index (χ4v) is 2.66. The number of rotatable bonds is 4. The van der Waals surface area contributed by atoms with E-state index in [0.29, 0.717) is 5.75 Å². The van der Waals surface area contributed by atoms with E-state index in [2.05, 4.69) is 5.32 Å². The number of anilines is 1. The molecule has 0 atom stereocenters. The summed E-state index contributed by atoms with van der Waals surface area (Å²) in [6.45, 7) is 1.30. The zero-order valence-corrected chi connectivity index (χ0v) is 14.3. The normalized spacial score (nSPS) is 11.4. The molecular formula is C19H14F3NO4. The molecule has 1 aromatic heterocycles. The van der Waals surface area contributed by atoms with Gasteiger partial charge in [0.2, 0.25) is 0 Å². The minimum absolute atomic E-state index is 0.0132. The first-order chi connectivity index (χ1) is 12.7. The van der Waals surface area contributed by atoms with Crippen molar-refractivity contribution in [2.24, 2.45) is 0 Å². The summed E-state index contributed by atoms with van der Waals surface area (Å²) in [5.74, 6) is -0.818. The van der Waals surface area contributed by atoms with Gasteiger partial charge in [-0.05, 0) is 30.3 Å². The Bertz CT molecular complexity index is 1040. The van der Waals surface area contributed by atoms with Gasteiger partial charge < -0.3 is 14.5 Å². The molecule has 0 saturated carbocycles. The van der Waals surface area contributed by atoms with Crippen LogP contribution >= 0.6 is 0 Å². The number of hydrogen-bond donors (Lipinski definition) is 1. The number of alkyl halides is 3. The standard InChI is InChI=1S/C19H14F3NO4/c1-10(24)16-9-12-11(7-8-15(26-2)17(12)27-16)18(25)23-14-6-4-3-5-13(14)19(20,21)22/h3-9H,1-2H3,(H,23,25). The summed E-state index contributed by atoms with van der Waals surface area (Å²) in [5.41, 5.74) is -1.10. The summed E-state index contributed by atoms with van der Waals surface area (Å²) < 4.78 is 50.0. The Morgan fingerprint density at radius 2 is 1.81 bits per heavy atom. The third kappa shape index (κ3) is 3.51. The van der Waals surface area contributed by atoms with Crippen molar-refractivity contribution in [1.82, 2.24) is 0 Å². The molecule has 0 unspecified atom stereocenters. The molecule has 1 heterocycles. The van der Waals surface area contributed by atoms with Crippen molar-refractivity contribution in [1.29, 1.82) is 0 Å². The zero-order valence-electron chi connectivity index (χ0n) is 14.3. The minimum Gasteiger partial charge on any atom is -0.493 e. The number of para-hydroxylation sites is 1. The van der Waals surface area contributed by atoms with Crippen LogP contribution < -0.4 is 10.1 Å². The highest BCUT2D eigenvalue weighted by molar-refractivity contribution is 6.14. The number of fused-ring (bicyclic) bond motifs is 1. The Labute approximate surface area is 151 Å². The summed E-state index contributed by atoms with van der Waals surface area (Å²) in [6.07, 6.45) is -4.61. The Morgan fingerprint density at radius 3 is 2.44 bits per heavy atom. The third-order valence-corrected chi connectivity index (χ3v) is 3.94. The van der Waals surface area contributed by atoms with Gasteiger partial charge in [0.1, 0.15) is 0 Å². The molecule has 0 aliphatic heterocycles. The number of amides is 1. The summed E-state index contributed by atoms with van der Waals surface area (Å²) in [5, 5.41) is 2.54. The van der Waals surface area contributed by atoms with Gasteiger partial charge in [0.05, 0.1) is 23.9 Å². The molecule has 0 aliphatic carbocycles. The average molecular weight is 377 g/mol. The maximum atomic E-state index is 13.1. The van der Waals surface area contributed by atoms with Crippen molar-refractivity contribution >= 4 is 28.3 Å². The van der Waals surface area contributed by atoms with Crippen molar-refractivity contribution in [3.63, 3.8) is 0 Å². The van der Waals surface area contributed by atoms with Gasteiger partial charge in [-0.1, -0.05) is 12.1 Å². The largest absolute Gasteiger partial charge is 0.493 e. The molecule has 0 aliphatic rings. The first-order valence-electron chi connectivity index (χ1n) is 7.81. The second-order valence-electron chi connectivity index (χ2n) is 5.72. The molecule has 3 rings (SSSR count). The Morgan fingerprint density at radius 1 is 1.11 bits per heavy atom. The quantitative estimate of drug-likeness (QED) is 0.656. The van der Waals surface area contributed by atoms with E-state index in [1.165, 1.54) is 44.4 Å². The molecule has 0 spiro atoms. The maximum absolute atomic E-state index is 13.1. The summed E-state index contributed by atoms with van der Waals surface area (Å²) in [7, 11) is 1.39. The first-order valence-corrected chi connectivity index (χ1v) is 7.81. The van der Waals surface area contributed by atoms with Crippen LogP contribution in [-0.4, -0.2) is 18.8 Å². The van der Waals surface area contributed by atoms with Gasteiger partial charge in [0.25, 0.3) is 5.91 Å². The average Bonchev–Trinajstić information content (AvgIpc) is 3.06. The Balaban J connectivity index is 2.06. The molecule has 0 bridgehead atoms. The molecule has 0 fully saturated rings. The van der Waals surface area contributed by atoms with E-state index < -0.39 is 17.6 Å². The molecule has 5 nitrogen and oxygen atoms in total. The number of carbonyl (C=O) groups excluding carboxylic acids is 2. The Hall–Kier alpha value is -3.29. The highest BCUT2D eigenvalue weighted by Gasteiger charge is 2.33. The highest BCUT2D eigenvalue weighted by atomic mass is 19.4. The monoisotopic (exact) mass is 377 g/mol. The van der Waals surface area contributed by atoms with Gasteiger partial charge in [-0.3, -0.25) is 9.59 Å². The van der Waals surface area contributed by atoms with Crippen LogP contribution in [0.5, 0.6) is 5.75 Å². The molecule has 3 aromatic rings. The molecule has 2 aromatic carbocycles. The van der Waals surface area contributed by atoms with Crippen molar-refractivity contribution in [3.8, 4) is 5.75 Å². The number of ether oxygens (including phenoxy) is 1. The number of Topliss-reactive ketones (excluding diaryl/α,β-unsaturated/α-hetero) is 1. The number of methoxy groups -OCH3 is 1. The van der Waals surface area contributed by atoms with Gasteiger partial charge in [-0.15, -0.1) is 0 Å². The number of hydrogen-bond acceptors (Lipinski definition) is 4. The van der Waals surface area contributed by atoms with Crippen LogP contribution in [0.15, 0.2) is 46.9 Å². The minimum atomic E-state index is -4.61. The van der Waals surface area contributed by atoms with Crippen LogP contribution in [0.2, 0.25) is 0 Å². The fourth-order valence-electron chi connectivity index (χ4n) is 2.66. The SMILES string of the molecule is COc1ccc(C(=O)Nc2ccccc2C(F)(F)F)c2cc(C(C)=O)oc12. The molecular weight excluding hydrogens is 363 g/mol. The molecule has 1 N–H and O–H groups in total. The van der Waals surface area contributed by atoms with Crippen molar-refractivity contribution < 1.29 is 31.9 Å². The Kier molecular flexibility index (Phi) is 4.65. The number of ketones is 1. The van der Waals surface area contributed by atoms with Crippen LogP contribution in [0.4, 0.5) is 18.9 Å². The number of nitrogens with one attached hydrogen (secondary N) is 1. The number of carbonyl (C=O) groups is 2. The van der Waals surface area contributed by atoms with E-state index >= 15 is 0 Å². The van der Waals surface area contributed by atoms with E-state index in [-0.39, 0.29) is 33.8 Å². The van der Waals surface area contributed by atoms with Crippen LogP contribution in [0.3, 0.4) is 0 Å². The molecule has 140 valence electrons. The highest BCUT2D eigenvalue weighted by Crippen LogP contribution is 2.36. The van der Waals surface area contributed by atoms with Gasteiger partial charge in [0.15, 0.2) is 22.9 Å². The van der Waals surface area contributed by atoms with Crippen LogP contribution in [0.25, 0.3) is 11.0 Å². The summed E-state index contributed by atoms with van der Waals surface area (Å²) >= 11 is 0. The zero-order chi connectivity index (χ0) is 19.8. The van der Waals surface area contributed by atoms with Crippen LogP contribution in [-0.2, 0) is 6.18 Å². The molecule has 8 heteroatoms. The van der Waals surface area contributed by atoms with E-state index in [9.17, 15) is 22.8 Å². The predicted octanol–water partition coefficient (Wildman–Crippen LogP) is 4.92.